The molecule has 1 aliphatic heterocycles. The summed E-state index contributed by atoms with van der Waals surface area (Å²) >= 11 is 1.62. The van der Waals surface area contributed by atoms with Gasteiger partial charge in [0.2, 0.25) is 10.0 Å². The number of thiazole rings is 1. The van der Waals surface area contributed by atoms with Crippen LogP contribution in [0.1, 0.15) is 10.6 Å². The average molecular weight is 474 g/mol. The van der Waals surface area contributed by atoms with Crippen molar-refractivity contribution < 1.29 is 17.9 Å². The number of methoxy groups -OCH3 is 2. The monoisotopic (exact) mass is 473 g/mol. The number of aromatic nitrogens is 1. The Hall–Kier alpha value is -2.46. The normalized spacial score (nSPS) is 15.6. The topological polar surface area (TPSA) is 72.0 Å². The van der Waals surface area contributed by atoms with Crippen molar-refractivity contribution in [3.8, 4) is 22.8 Å². The maximum atomic E-state index is 13.2. The smallest absolute Gasteiger partial charge is 0.246 e. The fourth-order valence-corrected chi connectivity index (χ4v) is 6.25. The first-order valence-electron chi connectivity index (χ1n) is 10.4. The summed E-state index contributed by atoms with van der Waals surface area (Å²) < 4.78 is 38.6. The summed E-state index contributed by atoms with van der Waals surface area (Å²) in [6.45, 7) is 4.77. The molecule has 3 aromatic rings. The third-order valence-electron chi connectivity index (χ3n) is 5.54. The standard InChI is InChI=1S/C23H27N3O4S2/c1-17-7-8-21(30-3)22(13-17)32(27,28)26-11-9-25(10-12-26)15-23-24-20(16-31-23)18-5-4-6-19(14-18)29-2/h4-8,13-14,16H,9-12,15H2,1-3H3. The van der Waals surface area contributed by atoms with Crippen molar-refractivity contribution in [2.24, 2.45) is 0 Å². The van der Waals surface area contributed by atoms with Crippen LogP contribution in [0.3, 0.4) is 0 Å². The maximum Gasteiger partial charge on any atom is 0.246 e. The summed E-state index contributed by atoms with van der Waals surface area (Å²) in [5, 5.41) is 3.06. The molecule has 170 valence electrons. The van der Waals surface area contributed by atoms with Crippen LogP contribution in [0.25, 0.3) is 11.3 Å². The molecule has 0 atom stereocenters. The lowest BCUT2D eigenvalue weighted by Crippen LogP contribution is -2.48. The van der Waals surface area contributed by atoms with Crippen LogP contribution in [0.4, 0.5) is 0 Å². The number of piperazine rings is 1. The molecule has 1 saturated heterocycles. The Labute approximate surface area is 193 Å². The molecule has 0 radical (unpaired) electrons. The van der Waals surface area contributed by atoms with Crippen LogP contribution in [0.15, 0.2) is 52.7 Å². The van der Waals surface area contributed by atoms with E-state index < -0.39 is 10.0 Å². The summed E-state index contributed by atoms with van der Waals surface area (Å²) in [6, 6.07) is 13.1. The highest BCUT2D eigenvalue weighted by atomic mass is 32.2. The van der Waals surface area contributed by atoms with E-state index in [1.165, 1.54) is 7.11 Å². The summed E-state index contributed by atoms with van der Waals surface area (Å²) in [5.41, 5.74) is 2.84. The van der Waals surface area contributed by atoms with Crippen LogP contribution in [-0.4, -0.2) is 63.0 Å². The number of aryl methyl sites for hydroxylation is 1. The van der Waals surface area contributed by atoms with E-state index in [4.69, 9.17) is 14.5 Å². The van der Waals surface area contributed by atoms with E-state index in [0.717, 1.165) is 27.6 Å². The molecule has 2 heterocycles. The third kappa shape index (κ3) is 4.80. The van der Waals surface area contributed by atoms with Crippen molar-refractivity contribution in [1.82, 2.24) is 14.2 Å². The minimum Gasteiger partial charge on any atom is -0.497 e. The van der Waals surface area contributed by atoms with Crippen LogP contribution in [-0.2, 0) is 16.6 Å². The molecular formula is C23H27N3O4S2. The summed E-state index contributed by atoms with van der Waals surface area (Å²) in [6.07, 6.45) is 0. The Morgan fingerprint density at radius 1 is 1.03 bits per heavy atom. The van der Waals surface area contributed by atoms with Crippen LogP contribution in [0.2, 0.25) is 0 Å². The van der Waals surface area contributed by atoms with Gasteiger partial charge in [-0.15, -0.1) is 11.3 Å². The minimum absolute atomic E-state index is 0.233. The van der Waals surface area contributed by atoms with Gasteiger partial charge in [0.25, 0.3) is 0 Å². The Morgan fingerprint density at radius 3 is 2.53 bits per heavy atom. The van der Waals surface area contributed by atoms with E-state index in [1.54, 1.807) is 34.9 Å². The third-order valence-corrected chi connectivity index (χ3v) is 8.30. The van der Waals surface area contributed by atoms with Crippen molar-refractivity contribution in [1.29, 1.82) is 0 Å². The first-order valence-corrected chi connectivity index (χ1v) is 12.7. The molecule has 1 aromatic heterocycles. The zero-order valence-corrected chi connectivity index (χ0v) is 20.1. The zero-order chi connectivity index (χ0) is 22.7. The lowest BCUT2D eigenvalue weighted by Gasteiger charge is -2.33. The van der Waals surface area contributed by atoms with Crippen LogP contribution in [0, 0.1) is 6.92 Å². The molecule has 0 unspecified atom stereocenters. The highest BCUT2D eigenvalue weighted by Crippen LogP contribution is 2.29. The molecule has 0 amide bonds. The summed E-state index contributed by atoms with van der Waals surface area (Å²) in [5.74, 6) is 1.19. The van der Waals surface area contributed by atoms with Gasteiger partial charge >= 0.3 is 0 Å². The largest absolute Gasteiger partial charge is 0.497 e. The fourth-order valence-electron chi connectivity index (χ4n) is 3.74. The molecule has 7 nitrogen and oxygen atoms in total. The maximum absolute atomic E-state index is 13.2. The van der Waals surface area contributed by atoms with E-state index in [2.05, 4.69) is 10.3 Å². The Kier molecular flexibility index (Phi) is 6.80. The predicted octanol–water partition coefficient (Wildman–Crippen LogP) is 3.64. The predicted molar refractivity (Wildman–Crippen MR) is 126 cm³/mol. The van der Waals surface area contributed by atoms with Crippen molar-refractivity contribution in [3.05, 3.63) is 58.4 Å². The van der Waals surface area contributed by atoms with Crippen molar-refractivity contribution >= 4 is 21.4 Å². The van der Waals surface area contributed by atoms with Crippen LogP contribution in [0.5, 0.6) is 11.5 Å². The molecule has 0 aliphatic carbocycles. The van der Waals surface area contributed by atoms with E-state index >= 15 is 0 Å². The van der Waals surface area contributed by atoms with Gasteiger partial charge in [0.1, 0.15) is 21.4 Å². The number of hydrogen-bond acceptors (Lipinski definition) is 7. The van der Waals surface area contributed by atoms with Crippen molar-refractivity contribution in [2.75, 3.05) is 40.4 Å². The average Bonchev–Trinajstić information content (AvgIpc) is 3.28. The molecular weight excluding hydrogens is 446 g/mol. The number of ether oxygens (including phenoxy) is 2. The van der Waals surface area contributed by atoms with Gasteiger partial charge in [-0.1, -0.05) is 18.2 Å². The van der Waals surface area contributed by atoms with Gasteiger partial charge in [-0.05, 0) is 36.8 Å². The van der Waals surface area contributed by atoms with Crippen molar-refractivity contribution in [3.63, 3.8) is 0 Å². The van der Waals surface area contributed by atoms with E-state index in [0.29, 0.717) is 38.5 Å². The molecule has 0 bridgehead atoms. The van der Waals surface area contributed by atoms with Gasteiger partial charge in [0.05, 0.1) is 26.5 Å². The van der Waals surface area contributed by atoms with Crippen LogP contribution >= 0.6 is 11.3 Å². The highest BCUT2D eigenvalue weighted by molar-refractivity contribution is 7.89. The zero-order valence-electron chi connectivity index (χ0n) is 18.4. The molecule has 1 aliphatic rings. The Bertz CT molecular complexity index is 1190. The quantitative estimate of drug-likeness (QED) is 0.522. The molecule has 32 heavy (non-hydrogen) atoms. The van der Waals surface area contributed by atoms with Gasteiger partial charge in [-0.3, -0.25) is 4.90 Å². The second kappa shape index (κ2) is 9.58. The molecule has 1 fully saturated rings. The number of benzene rings is 2. The molecule has 0 spiro atoms. The number of hydrogen-bond donors (Lipinski definition) is 0. The highest BCUT2D eigenvalue weighted by Gasteiger charge is 2.31. The fraction of sp³-hybridized carbons (Fsp3) is 0.348. The molecule has 0 saturated carbocycles. The second-order valence-electron chi connectivity index (χ2n) is 7.69. The molecule has 9 heteroatoms. The first-order chi connectivity index (χ1) is 15.4. The first kappa shape index (κ1) is 22.7. The van der Waals surface area contributed by atoms with E-state index in [9.17, 15) is 8.42 Å². The van der Waals surface area contributed by atoms with E-state index in [1.807, 2.05) is 37.3 Å². The van der Waals surface area contributed by atoms with Crippen molar-refractivity contribution in [2.45, 2.75) is 18.4 Å². The molecule has 2 aromatic carbocycles. The van der Waals surface area contributed by atoms with Gasteiger partial charge in [0, 0.05) is 37.1 Å². The van der Waals surface area contributed by atoms with E-state index in [-0.39, 0.29) is 4.90 Å². The summed E-state index contributed by atoms with van der Waals surface area (Å²) in [7, 11) is -0.457. The Balaban J connectivity index is 1.40. The summed E-state index contributed by atoms with van der Waals surface area (Å²) in [4.78, 5) is 7.25. The lowest BCUT2D eigenvalue weighted by atomic mass is 10.2. The molecule has 4 rings (SSSR count). The minimum atomic E-state index is -3.61. The SMILES string of the molecule is COc1cccc(-c2csc(CN3CCN(S(=O)(=O)c4cc(C)ccc4OC)CC3)n2)c1. The number of nitrogens with zero attached hydrogens (tertiary/aromatic N) is 3. The Morgan fingerprint density at radius 2 is 1.81 bits per heavy atom. The molecule has 0 N–H and O–H groups in total. The van der Waals surface area contributed by atoms with Gasteiger partial charge in [-0.2, -0.15) is 4.31 Å². The van der Waals surface area contributed by atoms with Gasteiger partial charge < -0.3 is 9.47 Å². The van der Waals surface area contributed by atoms with Gasteiger partial charge in [-0.25, -0.2) is 13.4 Å². The number of rotatable bonds is 7. The van der Waals surface area contributed by atoms with Crippen LogP contribution < -0.4 is 9.47 Å². The van der Waals surface area contributed by atoms with Gasteiger partial charge in [0.15, 0.2) is 0 Å². The number of sulfonamides is 1. The second-order valence-corrected chi connectivity index (χ2v) is 10.5. The lowest BCUT2D eigenvalue weighted by molar-refractivity contribution is 0.181.